The monoisotopic (exact) mass is 442 g/mol. The highest BCUT2D eigenvalue weighted by Gasteiger charge is 2.65. The molecule has 0 fully saturated rings. The lowest BCUT2D eigenvalue weighted by Gasteiger charge is -2.15. The van der Waals surface area contributed by atoms with Crippen molar-refractivity contribution in [1.29, 1.82) is 0 Å². The van der Waals surface area contributed by atoms with Crippen LogP contribution in [0.5, 0.6) is 0 Å². The lowest BCUT2D eigenvalue weighted by molar-refractivity contribution is -0.166. The molecule has 0 saturated carbocycles. The molecule has 2 heterocycles. The predicted octanol–water partition coefficient (Wildman–Crippen LogP) is 5.05. The fourth-order valence-electron chi connectivity index (χ4n) is 2.76. The Bertz CT molecular complexity index is 1020. The Morgan fingerprint density at radius 1 is 0.613 bits per heavy atom. The molecule has 2 aliphatic rings. The van der Waals surface area contributed by atoms with Gasteiger partial charge < -0.3 is 4.74 Å². The molecule has 0 aromatic heterocycles. The Kier molecular flexibility index (Phi) is 4.28. The molecule has 0 saturated heterocycles. The van der Waals surface area contributed by atoms with E-state index in [4.69, 9.17) is 0 Å². The van der Waals surface area contributed by atoms with Crippen LogP contribution in [0, 0.1) is 0 Å². The second kappa shape index (κ2) is 6.43. The van der Waals surface area contributed by atoms with Gasteiger partial charge in [0.25, 0.3) is 0 Å². The minimum absolute atomic E-state index is 0.224. The van der Waals surface area contributed by atoms with Gasteiger partial charge in [0.1, 0.15) is 0 Å². The first-order valence-corrected chi connectivity index (χ1v) is 8.39. The van der Waals surface area contributed by atoms with Gasteiger partial charge in [-0.3, -0.25) is 0 Å². The highest BCUT2D eigenvalue weighted by Crippen LogP contribution is 2.53. The van der Waals surface area contributed by atoms with Gasteiger partial charge in [-0.2, -0.15) is 26.3 Å². The van der Waals surface area contributed by atoms with Crippen LogP contribution in [0.3, 0.4) is 0 Å². The van der Waals surface area contributed by atoms with Crippen molar-refractivity contribution in [3.05, 3.63) is 70.8 Å². The zero-order valence-electron chi connectivity index (χ0n) is 14.9. The molecule has 2 aromatic rings. The van der Waals surface area contributed by atoms with Crippen molar-refractivity contribution >= 4 is 11.9 Å². The molecule has 31 heavy (non-hydrogen) atoms. The number of carbonyl (C=O) groups is 2. The zero-order chi connectivity index (χ0) is 22.7. The first-order valence-electron chi connectivity index (χ1n) is 8.39. The molecule has 0 atom stereocenters. The van der Waals surface area contributed by atoms with Gasteiger partial charge in [0.2, 0.25) is 0 Å². The number of esters is 2. The summed E-state index contributed by atoms with van der Waals surface area (Å²) < 4.78 is 82.5. The summed E-state index contributed by atoms with van der Waals surface area (Å²) in [7, 11) is 0. The van der Waals surface area contributed by atoms with Crippen LogP contribution in [-0.2, 0) is 16.1 Å². The third-order valence-electron chi connectivity index (χ3n) is 4.62. The van der Waals surface area contributed by atoms with Gasteiger partial charge in [-0.05, 0) is 24.3 Å². The fourth-order valence-corrected chi connectivity index (χ4v) is 2.76. The van der Waals surface area contributed by atoms with E-state index in [0.29, 0.717) is 0 Å². The topological polar surface area (TPSA) is 92.8 Å². The molecule has 0 unspecified atom stereocenters. The van der Waals surface area contributed by atoms with Crippen LogP contribution in [0.2, 0.25) is 0 Å². The Morgan fingerprint density at radius 3 is 1.13 bits per heavy atom. The molecule has 2 aliphatic heterocycles. The highest BCUT2D eigenvalue weighted by molar-refractivity contribution is 6.02. The number of halogens is 6. The molecule has 0 bridgehead atoms. The van der Waals surface area contributed by atoms with Crippen molar-refractivity contribution < 1.29 is 40.7 Å². The van der Waals surface area contributed by atoms with Crippen LogP contribution < -0.4 is 0 Å². The molecule has 0 amide bonds. The maximum Gasteiger partial charge on any atom is 0.442 e. The van der Waals surface area contributed by atoms with Gasteiger partial charge in [-0.1, -0.05) is 24.3 Å². The van der Waals surface area contributed by atoms with Gasteiger partial charge in [0.15, 0.2) is 0 Å². The summed E-state index contributed by atoms with van der Waals surface area (Å²) in [6, 6.07) is 7.93. The Labute approximate surface area is 168 Å². The number of benzene rings is 2. The van der Waals surface area contributed by atoms with Crippen molar-refractivity contribution in [2.24, 2.45) is 20.5 Å². The summed E-state index contributed by atoms with van der Waals surface area (Å²) in [5, 5.41) is 12.1. The molecule has 0 aliphatic carbocycles. The highest BCUT2D eigenvalue weighted by atomic mass is 19.4. The lowest BCUT2D eigenvalue weighted by Crippen LogP contribution is -2.30. The normalized spacial score (nSPS) is 17.9. The van der Waals surface area contributed by atoms with Gasteiger partial charge in [-0.15, -0.1) is 20.5 Å². The fraction of sp³-hybridized carbons (Fsp3) is 0.222. The second-order valence-electron chi connectivity index (χ2n) is 6.57. The largest absolute Gasteiger partial charge is 0.442 e. The van der Waals surface area contributed by atoms with Crippen LogP contribution >= 0.6 is 0 Å². The van der Waals surface area contributed by atoms with Crippen molar-refractivity contribution in [2.75, 3.05) is 0 Å². The average Bonchev–Trinajstić information content (AvgIpc) is 3.60. The number of rotatable bonds is 4. The molecule has 7 nitrogen and oxygen atoms in total. The Hall–Kier alpha value is -3.64. The van der Waals surface area contributed by atoms with E-state index in [1.807, 2.05) is 0 Å². The maximum absolute atomic E-state index is 13.0. The molecule has 4 rings (SSSR count). The third-order valence-corrected chi connectivity index (χ3v) is 4.62. The summed E-state index contributed by atoms with van der Waals surface area (Å²) >= 11 is 0. The number of ether oxygens (including phenoxy) is 1. The minimum atomic E-state index is -4.73. The number of alkyl halides is 6. The van der Waals surface area contributed by atoms with Crippen LogP contribution in [-0.4, -0.2) is 24.3 Å². The van der Waals surface area contributed by atoms with Crippen molar-refractivity contribution in [2.45, 2.75) is 23.7 Å². The van der Waals surface area contributed by atoms with Gasteiger partial charge >= 0.3 is 35.6 Å². The van der Waals surface area contributed by atoms with E-state index in [0.717, 1.165) is 48.5 Å². The minimum Gasteiger partial charge on any atom is -0.386 e. The van der Waals surface area contributed by atoms with E-state index >= 15 is 0 Å². The van der Waals surface area contributed by atoms with Crippen LogP contribution in [0.4, 0.5) is 26.3 Å². The molecule has 0 radical (unpaired) electrons. The van der Waals surface area contributed by atoms with Gasteiger partial charge in [0, 0.05) is 11.1 Å². The van der Waals surface area contributed by atoms with E-state index < -0.39 is 35.6 Å². The standard InChI is InChI=1S/C18H8F6N4O3/c19-17(20,21)15(25-26-15)11-5-1-9(2-6-11)13(29)31-14(30)10-3-7-12(8-4-10)16(27-28-16)18(22,23)24/h1-8H. The first kappa shape index (κ1) is 20.6. The molecular formula is C18H8F6N4O3. The van der Waals surface area contributed by atoms with E-state index in [1.54, 1.807) is 0 Å². The quantitative estimate of drug-likeness (QED) is 0.377. The summed E-state index contributed by atoms with van der Waals surface area (Å²) in [6.07, 6.45) is -9.47. The molecule has 2 aromatic carbocycles. The summed E-state index contributed by atoms with van der Waals surface area (Å²) in [6.45, 7) is 0. The zero-order valence-corrected chi connectivity index (χ0v) is 14.9. The van der Waals surface area contributed by atoms with Crippen LogP contribution in [0.25, 0.3) is 0 Å². The van der Waals surface area contributed by atoms with E-state index in [-0.39, 0.29) is 22.3 Å². The SMILES string of the molecule is O=C(OC(=O)c1ccc(C2(C(F)(F)F)N=N2)cc1)c1ccc(C2(C(F)(F)F)N=N2)cc1. The maximum atomic E-state index is 13.0. The summed E-state index contributed by atoms with van der Waals surface area (Å²) in [5.41, 5.74) is -6.38. The number of hydrogen-bond acceptors (Lipinski definition) is 7. The number of nitrogens with zero attached hydrogens (tertiary/aromatic N) is 4. The van der Waals surface area contributed by atoms with Crippen LogP contribution in [0.1, 0.15) is 31.8 Å². The molecule has 13 heteroatoms. The molecule has 160 valence electrons. The van der Waals surface area contributed by atoms with E-state index in [9.17, 15) is 35.9 Å². The van der Waals surface area contributed by atoms with Crippen LogP contribution in [0.15, 0.2) is 69.0 Å². The van der Waals surface area contributed by atoms with E-state index in [2.05, 4.69) is 25.2 Å². The average molecular weight is 442 g/mol. The van der Waals surface area contributed by atoms with Crippen molar-refractivity contribution in [1.82, 2.24) is 0 Å². The molecular weight excluding hydrogens is 434 g/mol. The smallest absolute Gasteiger partial charge is 0.386 e. The first-order chi connectivity index (χ1) is 14.4. The molecule has 0 N–H and O–H groups in total. The number of hydrogen-bond donors (Lipinski definition) is 0. The Balaban J connectivity index is 1.43. The summed E-state index contributed by atoms with van der Waals surface area (Å²) in [5.74, 6) is -2.32. The lowest BCUT2D eigenvalue weighted by atomic mass is 10.0. The summed E-state index contributed by atoms with van der Waals surface area (Å²) in [4.78, 5) is 24.2. The Morgan fingerprint density at radius 2 is 0.903 bits per heavy atom. The third kappa shape index (κ3) is 3.35. The van der Waals surface area contributed by atoms with Gasteiger partial charge in [0.05, 0.1) is 11.1 Å². The number of carbonyl (C=O) groups excluding carboxylic acids is 2. The van der Waals surface area contributed by atoms with E-state index in [1.165, 1.54) is 0 Å². The van der Waals surface area contributed by atoms with Crippen molar-refractivity contribution in [3.8, 4) is 0 Å². The van der Waals surface area contributed by atoms with Gasteiger partial charge in [-0.25, -0.2) is 9.59 Å². The molecule has 0 spiro atoms. The second-order valence-corrected chi connectivity index (χ2v) is 6.57. The van der Waals surface area contributed by atoms with Crippen molar-refractivity contribution in [3.63, 3.8) is 0 Å². The predicted molar refractivity (Wildman–Crippen MR) is 87.8 cm³/mol.